The summed E-state index contributed by atoms with van der Waals surface area (Å²) in [5.74, 6) is 0.0684. The molecule has 0 bridgehead atoms. The molecule has 6 heteroatoms. The van der Waals surface area contributed by atoms with Crippen LogP contribution in [0.2, 0.25) is 0 Å². The van der Waals surface area contributed by atoms with Crippen molar-refractivity contribution in [1.29, 1.82) is 0 Å². The Morgan fingerprint density at radius 1 is 1.12 bits per heavy atom. The first-order chi connectivity index (χ1) is 12.2. The van der Waals surface area contributed by atoms with E-state index in [2.05, 4.69) is 4.98 Å². The van der Waals surface area contributed by atoms with Crippen LogP contribution in [0.3, 0.4) is 0 Å². The number of hydrogen-bond acceptors (Lipinski definition) is 4. The Labute approximate surface area is 154 Å². The van der Waals surface area contributed by atoms with Gasteiger partial charge >= 0.3 is 0 Å². The van der Waals surface area contributed by atoms with Crippen LogP contribution in [0, 0.1) is 5.82 Å². The standard InChI is InChI=1S/C19H17FN2OS2/c20-16-4-6-18(7-5-16)25-14-19(23)22(11-15-8-10-24-13-15)12-17-3-1-2-9-21-17/h1-10,13H,11-12,14H2. The van der Waals surface area contributed by atoms with Crippen molar-refractivity contribution in [2.75, 3.05) is 5.75 Å². The van der Waals surface area contributed by atoms with Crippen LogP contribution in [0.15, 0.2) is 70.4 Å². The zero-order chi connectivity index (χ0) is 17.5. The van der Waals surface area contributed by atoms with Gasteiger partial charge in [-0.25, -0.2) is 4.39 Å². The Morgan fingerprint density at radius 3 is 2.64 bits per heavy atom. The van der Waals surface area contributed by atoms with Crippen molar-refractivity contribution < 1.29 is 9.18 Å². The molecule has 3 rings (SSSR count). The largest absolute Gasteiger partial charge is 0.332 e. The summed E-state index contributed by atoms with van der Waals surface area (Å²) >= 11 is 3.03. The van der Waals surface area contributed by atoms with Crippen molar-refractivity contribution in [2.24, 2.45) is 0 Å². The van der Waals surface area contributed by atoms with Gasteiger partial charge in [0, 0.05) is 17.6 Å². The monoisotopic (exact) mass is 372 g/mol. The minimum absolute atomic E-state index is 0.0335. The Bertz CT molecular complexity index is 792. The lowest BCUT2D eigenvalue weighted by Gasteiger charge is -2.22. The maximum atomic E-state index is 13.0. The highest BCUT2D eigenvalue weighted by atomic mass is 32.2. The average Bonchev–Trinajstić information content (AvgIpc) is 3.14. The number of nitrogens with zero attached hydrogens (tertiary/aromatic N) is 2. The zero-order valence-electron chi connectivity index (χ0n) is 13.5. The molecule has 0 aliphatic heterocycles. The Morgan fingerprint density at radius 2 is 1.96 bits per heavy atom. The fourth-order valence-electron chi connectivity index (χ4n) is 2.29. The highest BCUT2D eigenvalue weighted by molar-refractivity contribution is 8.00. The van der Waals surface area contributed by atoms with E-state index >= 15 is 0 Å². The molecule has 2 aromatic heterocycles. The topological polar surface area (TPSA) is 33.2 Å². The number of rotatable bonds is 7. The number of halogens is 1. The fraction of sp³-hybridized carbons (Fsp3) is 0.158. The van der Waals surface area contributed by atoms with Gasteiger partial charge in [-0.3, -0.25) is 9.78 Å². The third kappa shape index (κ3) is 5.41. The lowest BCUT2D eigenvalue weighted by atomic mass is 10.2. The van der Waals surface area contributed by atoms with Gasteiger partial charge in [0.15, 0.2) is 0 Å². The van der Waals surface area contributed by atoms with Crippen LogP contribution in [0.5, 0.6) is 0 Å². The molecule has 0 saturated carbocycles. The van der Waals surface area contributed by atoms with Crippen molar-refractivity contribution in [2.45, 2.75) is 18.0 Å². The molecule has 3 nitrogen and oxygen atoms in total. The molecule has 0 saturated heterocycles. The summed E-state index contributed by atoms with van der Waals surface area (Å²) in [6, 6.07) is 13.9. The number of pyridine rings is 1. The van der Waals surface area contributed by atoms with Gasteiger partial charge in [0.05, 0.1) is 18.0 Å². The molecule has 0 atom stereocenters. The van der Waals surface area contributed by atoms with Crippen molar-refractivity contribution >= 4 is 29.0 Å². The summed E-state index contributed by atoms with van der Waals surface area (Å²) in [5.41, 5.74) is 1.97. The number of aromatic nitrogens is 1. The molecule has 3 aromatic rings. The van der Waals surface area contributed by atoms with E-state index < -0.39 is 0 Å². The highest BCUT2D eigenvalue weighted by Crippen LogP contribution is 2.20. The van der Waals surface area contributed by atoms with E-state index in [1.165, 1.54) is 23.9 Å². The van der Waals surface area contributed by atoms with E-state index in [0.29, 0.717) is 18.8 Å². The molecule has 128 valence electrons. The van der Waals surface area contributed by atoms with E-state index in [1.807, 2.05) is 35.0 Å². The fourth-order valence-corrected chi connectivity index (χ4v) is 3.75. The third-order valence-corrected chi connectivity index (χ3v) is 5.29. The molecule has 0 aliphatic rings. The summed E-state index contributed by atoms with van der Waals surface area (Å²) in [6.45, 7) is 1.03. The number of carbonyl (C=O) groups excluding carboxylic acids is 1. The van der Waals surface area contributed by atoms with Gasteiger partial charge in [-0.2, -0.15) is 11.3 Å². The summed E-state index contributed by atoms with van der Waals surface area (Å²) in [6.07, 6.45) is 1.73. The molecule has 0 spiro atoms. The molecule has 0 aliphatic carbocycles. The zero-order valence-corrected chi connectivity index (χ0v) is 15.1. The van der Waals surface area contributed by atoms with E-state index in [0.717, 1.165) is 16.2 Å². The van der Waals surface area contributed by atoms with Crippen LogP contribution in [-0.4, -0.2) is 21.5 Å². The molecule has 0 fully saturated rings. The van der Waals surface area contributed by atoms with E-state index in [9.17, 15) is 9.18 Å². The van der Waals surface area contributed by atoms with Crippen LogP contribution in [-0.2, 0) is 17.9 Å². The van der Waals surface area contributed by atoms with Crippen LogP contribution < -0.4 is 0 Å². The third-order valence-electron chi connectivity index (χ3n) is 3.56. The van der Waals surface area contributed by atoms with Gasteiger partial charge < -0.3 is 4.90 Å². The maximum absolute atomic E-state index is 13.0. The highest BCUT2D eigenvalue weighted by Gasteiger charge is 2.16. The Hall–Kier alpha value is -2.18. The number of thioether (sulfide) groups is 1. The van der Waals surface area contributed by atoms with Crippen LogP contribution in [0.4, 0.5) is 4.39 Å². The minimum atomic E-state index is -0.273. The Balaban J connectivity index is 1.66. The normalized spacial score (nSPS) is 10.6. The number of thiophene rings is 1. The van der Waals surface area contributed by atoms with E-state index in [4.69, 9.17) is 0 Å². The van der Waals surface area contributed by atoms with Crippen LogP contribution in [0.1, 0.15) is 11.3 Å². The van der Waals surface area contributed by atoms with Crippen molar-refractivity contribution in [3.05, 3.63) is 82.6 Å². The summed E-state index contributed by atoms with van der Waals surface area (Å²) in [7, 11) is 0. The average molecular weight is 372 g/mol. The molecule has 0 unspecified atom stereocenters. The summed E-state index contributed by atoms with van der Waals surface area (Å²) in [4.78, 5) is 19.7. The second-order valence-electron chi connectivity index (χ2n) is 5.45. The quantitative estimate of drug-likeness (QED) is 0.568. The van der Waals surface area contributed by atoms with Gasteiger partial charge in [0.2, 0.25) is 5.91 Å². The maximum Gasteiger partial charge on any atom is 0.233 e. The second-order valence-corrected chi connectivity index (χ2v) is 7.27. The van der Waals surface area contributed by atoms with Gasteiger partial charge in [-0.1, -0.05) is 6.07 Å². The van der Waals surface area contributed by atoms with Crippen molar-refractivity contribution in [1.82, 2.24) is 9.88 Å². The molecular weight excluding hydrogens is 355 g/mol. The molecule has 1 aromatic carbocycles. The number of benzene rings is 1. The SMILES string of the molecule is O=C(CSc1ccc(F)cc1)N(Cc1ccsc1)Cc1ccccn1. The molecule has 25 heavy (non-hydrogen) atoms. The first-order valence-corrected chi connectivity index (χ1v) is 9.70. The van der Waals surface area contributed by atoms with Gasteiger partial charge in [-0.05, 0) is 58.8 Å². The van der Waals surface area contributed by atoms with Gasteiger partial charge in [-0.15, -0.1) is 11.8 Å². The summed E-state index contributed by atoms with van der Waals surface area (Å²) < 4.78 is 13.0. The van der Waals surface area contributed by atoms with E-state index in [1.54, 1.807) is 34.6 Å². The van der Waals surface area contributed by atoms with Gasteiger partial charge in [0.25, 0.3) is 0 Å². The molecule has 0 N–H and O–H groups in total. The number of hydrogen-bond donors (Lipinski definition) is 0. The van der Waals surface area contributed by atoms with Crippen LogP contribution >= 0.6 is 23.1 Å². The second kappa shape index (κ2) is 8.78. The minimum Gasteiger partial charge on any atom is -0.332 e. The molecule has 1 amide bonds. The molecule has 2 heterocycles. The van der Waals surface area contributed by atoms with E-state index in [-0.39, 0.29) is 11.7 Å². The lowest BCUT2D eigenvalue weighted by molar-refractivity contribution is -0.129. The first-order valence-electron chi connectivity index (χ1n) is 7.78. The summed E-state index contributed by atoms with van der Waals surface area (Å²) in [5, 5.41) is 4.05. The van der Waals surface area contributed by atoms with Crippen molar-refractivity contribution in [3.8, 4) is 0 Å². The lowest BCUT2D eigenvalue weighted by Crippen LogP contribution is -2.31. The molecule has 0 radical (unpaired) electrons. The Kier molecular flexibility index (Phi) is 6.19. The smallest absolute Gasteiger partial charge is 0.233 e. The molecular formula is C19H17FN2OS2. The number of carbonyl (C=O) groups is 1. The number of amides is 1. The van der Waals surface area contributed by atoms with Gasteiger partial charge in [0.1, 0.15) is 5.82 Å². The van der Waals surface area contributed by atoms with Crippen LogP contribution in [0.25, 0.3) is 0 Å². The first kappa shape index (κ1) is 17.6. The predicted molar refractivity (Wildman–Crippen MR) is 99.9 cm³/mol. The predicted octanol–water partition coefficient (Wildman–Crippen LogP) is 4.60. The van der Waals surface area contributed by atoms with Crippen molar-refractivity contribution in [3.63, 3.8) is 0 Å².